The Kier molecular flexibility index (Phi) is 4.93. The first-order valence-electron chi connectivity index (χ1n) is 9.72. The second-order valence-corrected chi connectivity index (χ2v) is 8.13. The van der Waals surface area contributed by atoms with Gasteiger partial charge in [-0.25, -0.2) is 9.97 Å². The summed E-state index contributed by atoms with van der Waals surface area (Å²) in [6.45, 7) is 0. The summed E-state index contributed by atoms with van der Waals surface area (Å²) in [5.74, 6) is 1.54. The molecule has 0 unspecified atom stereocenters. The van der Waals surface area contributed by atoms with Crippen LogP contribution in [-0.4, -0.2) is 17.1 Å². The molecule has 0 bridgehead atoms. The molecule has 3 nitrogen and oxygen atoms in total. The normalized spacial score (nSPS) is 12.2. The highest BCUT2D eigenvalue weighted by Crippen LogP contribution is 2.39. The number of methoxy groups -OCH3 is 1. The van der Waals surface area contributed by atoms with Crippen LogP contribution >= 0.6 is 23.2 Å². The molecule has 3 aromatic carbocycles. The first-order chi connectivity index (χ1) is 14.6. The van der Waals surface area contributed by atoms with Crippen LogP contribution in [-0.2, 0) is 12.8 Å². The molecule has 1 aliphatic rings. The standard InChI is InChI=1S/C25H18Cl2N2O/c1-30-20-11-13-21-17(14-20)6-12-22-23(15-2-7-18(26)8-3-15)28-25(29-24(21)22)16-4-9-19(27)10-5-16/h2-5,7-11,13-14H,6,12H2,1H3. The molecule has 0 radical (unpaired) electrons. The number of hydrogen-bond acceptors (Lipinski definition) is 3. The van der Waals surface area contributed by atoms with E-state index in [4.69, 9.17) is 37.9 Å². The minimum absolute atomic E-state index is 0.680. The summed E-state index contributed by atoms with van der Waals surface area (Å²) in [5, 5.41) is 1.39. The van der Waals surface area contributed by atoms with Crippen molar-refractivity contribution in [2.24, 2.45) is 0 Å². The predicted molar refractivity (Wildman–Crippen MR) is 122 cm³/mol. The fraction of sp³-hybridized carbons (Fsp3) is 0.120. The fourth-order valence-electron chi connectivity index (χ4n) is 3.91. The van der Waals surface area contributed by atoms with Crippen LogP contribution < -0.4 is 4.74 Å². The molecule has 30 heavy (non-hydrogen) atoms. The second-order valence-electron chi connectivity index (χ2n) is 7.26. The van der Waals surface area contributed by atoms with Gasteiger partial charge in [0.05, 0.1) is 18.5 Å². The van der Waals surface area contributed by atoms with E-state index < -0.39 is 0 Å². The zero-order valence-electron chi connectivity index (χ0n) is 16.3. The zero-order chi connectivity index (χ0) is 20.7. The van der Waals surface area contributed by atoms with Crippen LogP contribution in [0.4, 0.5) is 0 Å². The average Bonchev–Trinajstić information content (AvgIpc) is 2.79. The van der Waals surface area contributed by atoms with E-state index in [1.54, 1.807) is 7.11 Å². The van der Waals surface area contributed by atoms with Crippen LogP contribution in [0.5, 0.6) is 5.75 Å². The summed E-state index contributed by atoms with van der Waals surface area (Å²) in [6, 6.07) is 21.6. The van der Waals surface area contributed by atoms with Crippen molar-refractivity contribution in [2.75, 3.05) is 7.11 Å². The van der Waals surface area contributed by atoms with E-state index in [9.17, 15) is 0 Å². The summed E-state index contributed by atoms with van der Waals surface area (Å²) < 4.78 is 5.42. The van der Waals surface area contributed by atoms with E-state index in [1.807, 2.05) is 54.6 Å². The Labute approximate surface area is 185 Å². The maximum atomic E-state index is 6.12. The molecule has 5 rings (SSSR count). The molecule has 0 atom stereocenters. The number of halogens is 2. The number of aryl methyl sites for hydroxylation is 1. The topological polar surface area (TPSA) is 35.0 Å². The van der Waals surface area contributed by atoms with Gasteiger partial charge in [0.1, 0.15) is 5.75 Å². The van der Waals surface area contributed by atoms with E-state index in [0.717, 1.165) is 52.2 Å². The Morgan fingerprint density at radius 3 is 2.03 bits per heavy atom. The van der Waals surface area contributed by atoms with Gasteiger partial charge in [-0.05, 0) is 73.0 Å². The molecular weight excluding hydrogens is 415 g/mol. The van der Waals surface area contributed by atoms with Gasteiger partial charge in [-0.2, -0.15) is 0 Å². The van der Waals surface area contributed by atoms with E-state index in [1.165, 1.54) is 5.56 Å². The molecule has 0 spiro atoms. The molecule has 5 heteroatoms. The fourth-order valence-corrected chi connectivity index (χ4v) is 4.16. The van der Waals surface area contributed by atoms with Gasteiger partial charge < -0.3 is 4.74 Å². The van der Waals surface area contributed by atoms with Crippen molar-refractivity contribution >= 4 is 23.2 Å². The van der Waals surface area contributed by atoms with E-state index in [2.05, 4.69) is 12.1 Å². The van der Waals surface area contributed by atoms with Crippen molar-refractivity contribution in [2.45, 2.75) is 12.8 Å². The summed E-state index contributed by atoms with van der Waals surface area (Å²) in [4.78, 5) is 9.96. The molecule has 1 heterocycles. The lowest BCUT2D eigenvalue weighted by atomic mass is 9.86. The average molecular weight is 433 g/mol. The predicted octanol–water partition coefficient (Wildman–Crippen LogP) is 6.89. The van der Waals surface area contributed by atoms with Gasteiger partial charge in [0, 0.05) is 32.3 Å². The third-order valence-electron chi connectivity index (χ3n) is 5.44. The number of aromatic nitrogens is 2. The highest BCUT2D eigenvalue weighted by atomic mass is 35.5. The van der Waals surface area contributed by atoms with Crippen LogP contribution in [0.15, 0.2) is 66.7 Å². The van der Waals surface area contributed by atoms with Gasteiger partial charge in [0.25, 0.3) is 0 Å². The second kappa shape index (κ2) is 7.75. The molecule has 0 aliphatic heterocycles. The molecule has 1 aliphatic carbocycles. The molecule has 1 aromatic heterocycles. The lowest BCUT2D eigenvalue weighted by Crippen LogP contribution is -2.10. The summed E-state index contributed by atoms with van der Waals surface area (Å²) >= 11 is 12.2. The first-order valence-corrected chi connectivity index (χ1v) is 10.5. The van der Waals surface area contributed by atoms with E-state index >= 15 is 0 Å². The SMILES string of the molecule is COc1ccc2c(c1)CCc1c(-c3ccc(Cl)cc3)nc(-c3ccc(Cl)cc3)nc1-2. The Bertz CT molecular complexity index is 1240. The molecule has 0 fully saturated rings. The number of fused-ring (bicyclic) bond motifs is 3. The van der Waals surface area contributed by atoms with Crippen molar-refractivity contribution < 1.29 is 4.74 Å². The summed E-state index contributed by atoms with van der Waals surface area (Å²) in [5.41, 5.74) is 7.41. The van der Waals surface area contributed by atoms with Crippen molar-refractivity contribution in [1.82, 2.24) is 9.97 Å². The van der Waals surface area contributed by atoms with Crippen molar-refractivity contribution in [3.8, 4) is 39.7 Å². The van der Waals surface area contributed by atoms with Gasteiger partial charge >= 0.3 is 0 Å². The van der Waals surface area contributed by atoms with Gasteiger partial charge in [0.15, 0.2) is 5.82 Å². The van der Waals surface area contributed by atoms with Crippen LogP contribution in [0.3, 0.4) is 0 Å². The van der Waals surface area contributed by atoms with Crippen LogP contribution in [0, 0.1) is 0 Å². The molecule has 0 saturated heterocycles. The van der Waals surface area contributed by atoms with Crippen LogP contribution in [0.1, 0.15) is 11.1 Å². The maximum absolute atomic E-state index is 6.12. The van der Waals surface area contributed by atoms with E-state index in [-0.39, 0.29) is 0 Å². The first kappa shape index (κ1) is 19.1. The Morgan fingerprint density at radius 2 is 1.37 bits per heavy atom. The third kappa shape index (κ3) is 3.45. The van der Waals surface area contributed by atoms with Crippen LogP contribution in [0.25, 0.3) is 33.9 Å². The molecule has 0 amide bonds. The van der Waals surface area contributed by atoms with Gasteiger partial charge in [0.2, 0.25) is 0 Å². The third-order valence-corrected chi connectivity index (χ3v) is 5.94. The van der Waals surface area contributed by atoms with Gasteiger partial charge in [-0.15, -0.1) is 0 Å². The molecule has 0 N–H and O–H groups in total. The molecular formula is C25H18Cl2N2O. The van der Waals surface area contributed by atoms with E-state index in [0.29, 0.717) is 15.9 Å². The largest absolute Gasteiger partial charge is 0.497 e. The number of nitrogens with zero attached hydrogens (tertiary/aromatic N) is 2. The smallest absolute Gasteiger partial charge is 0.160 e. The molecule has 0 saturated carbocycles. The van der Waals surface area contributed by atoms with Crippen molar-refractivity contribution in [1.29, 1.82) is 0 Å². The number of benzene rings is 3. The maximum Gasteiger partial charge on any atom is 0.160 e. The minimum Gasteiger partial charge on any atom is -0.497 e. The highest BCUT2D eigenvalue weighted by molar-refractivity contribution is 6.30. The van der Waals surface area contributed by atoms with Crippen LogP contribution in [0.2, 0.25) is 10.0 Å². The van der Waals surface area contributed by atoms with Gasteiger partial charge in [-0.3, -0.25) is 0 Å². The van der Waals surface area contributed by atoms with Gasteiger partial charge in [-0.1, -0.05) is 35.3 Å². The summed E-state index contributed by atoms with van der Waals surface area (Å²) in [6.07, 6.45) is 1.79. The zero-order valence-corrected chi connectivity index (χ0v) is 17.8. The number of ether oxygens (including phenoxy) is 1. The molecule has 148 valence electrons. The Hall–Kier alpha value is -2.88. The Morgan fingerprint density at radius 1 is 0.733 bits per heavy atom. The molecule has 4 aromatic rings. The lowest BCUT2D eigenvalue weighted by molar-refractivity contribution is 0.414. The van der Waals surface area contributed by atoms with Crippen molar-refractivity contribution in [3.63, 3.8) is 0 Å². The number of hydrogen-bond donors (Lipinski definition) is 0. The quantitative estimate of drug-likeness (QED) is 0.353. The summed E-state index contributed by atoms with van der Waals surface area (Å²) in [7, 11) is 1.69. The number of rotatable bonds is 3. The monoisotopic (exact) mass is 432 g/mol. The Balaban J connectivity index is 1.75. The minimum atomic E-state index is 0.680. The highest BCUT2D eigenvalue weighted by Gasteiger charge is 2.24. The lowest BCUT2D eigenvalue weighted by Gasteiger charge is -2.23. The van der Waals surface area contributed by atoms with Crippen molar-refractivity contribution in [3.05, 3.63) is 87.9 Å².